The van der Waals surface area contributed by atoms with E-state index in [1.807, 2.05) is 0 Å². The molecule has 0 spiro atoms. The van der Waals surface area contributed by atoms with Crippen LogP contribution in [-0.4, -0.2) is 86.8 Å². The van der Waals surface area contributed by atoms with E-state index in [0.717, 1.165) is 49.8 Å². The van der Waals surface area contributed by atoms with Crippen molar-refractivity contribution < 1.29 is 0 Å². The van der Waals surface area contributed by atoms with Crippen LogP contribution in [0.15, 0.2) is 12.1 Å². The molecule has 0 unspecified atom stereocenters. The van der Waals surface area contributed by atoms with Crippen molar-refractivity contribution in [3.63, 3.8) is 0 Å². The molecule has 0 atom stereocenters. The number of piperazine rings is 1. The van der Waals surface area contributed by atoms with Gasteiger partial charge in [0, 0.05) is 31.9 Å². The third-order valence-corrected chi connectivity index (χ3v) is 4.91. The molecule has 1 aromatic rings. The van der Waals surface area contributed by atoms with Crippen LogP contribution in [0.4, 0.5) is 5.69 Å². The minimum atomic E-state index is 0. The third-order valence-electron chi connectivity index (χ3n) is 4.36. The van der Waals surface area contributed by atoms with Crippen LogP contribution in [0.3, 0.4) is 0 Å². The van der Waals surface area contributed by atoms with Crippen LogP contribution in [-0.2, 0) is 19.3 Å². The van der Waals surface area contributed by atoms with Gasteiger partial charge in [-0.1, -0.05) is 45.1 Å². The normalized spacial score (nSPS) is 14.7. The average Bonchev–Trinajstić information content (AvgIpc) is 2.53. The predicted octanol–water partition coefficient (Wildman–Crippen LogP) is 3.06. The molecular weight excluding hydrogens is 335 g/mol. The summed E-state index contributed by atoms with van der Waals surface area (Å²) >= 11 is 9.47. The van der Waals surface area contributed by atoms with Crippen LogP contribution < -0.4 is 4.90 Å². The first-order chi connectivity index (χ1) is 10.1. The fourth-order valence-electron chi connectivity index (χ4n) is 3.10. The molecule has 0 N–H and O–H groups in total. The summed E-state index contributed by atoms with van der Waals surface area (Å²) in [7, 11) is 0. The first kappa shape index (κ1) is 20.9. The Hall–Kier alpha value is 0.896. The topological polar surface area (TPSA) is 6.48 Å². The molecule has 0 amide bonds. The first-order valence-corrected chi connectivity index (χ1v) is 8.83. The molecule has 1 aliphatic rings. The fourth-order valence-corrected chi connectivity index (χ4v) is 3.49. The van der Waals surface area contributed by atoms with Gasteiger partial charge in [-0.25, -0.2) is 0 Å². The maximum absolute atomic E-state index is 5.17. The predicted molar refractivity (Wildman–Crippen MR) is 107 cm³/mol. The number of rotatable bonds is 4. The standard InChI is InChI=1S/C17H26N2S2.K.H/c1-4-13-11-14(5-2)16(15(6-3)12-13)18-7-9-19(10-8-18)17(20)21;;/h11-12H,4-10H2,1-3H3,(H,20,21);;. The van der Waals surface area contributed by atoms with Crippen molar-refractivity contribution in [1.82, 2.24) is 4.90 Å². The number of aryl methyl sites for hydroxylation is 3. The van der Waals surface area contributed by atoms with Gasteiger partial charge in [-0.3, -0.25) is 0 Å². The van der Waals surface area contributed by atoms with E-state index in [4.69, 9.17) is 12.2 Å². The van der Waals surface area contributed by atoms with Gasteiger partial charge in [0.15, 0.2) is 0 Å². The molecule has 0 aromatic heterocycles. The molecule has 0 bridgehead atoms. The van der Waals surface area contributed by atoms with Crippen LogP contribution in [0, 0.1) is 0 Å². The van der Waals surface area contributed by atoms with Crippen molar-refractivity contribution in [2.75, 3.05) is 31.1 Å². The molecule has 0 aliphatic carbocycles. The van der Waals surface area contributed by atoms with Crippen LogP contribution in [0.25, 0.3) is 0 Å². The molecule has 1 aliphatic heterocycles. The SMILES string of the molecule is CCc1cc(CC)c(N2CCN(C(=S)S)CC2)c(CC)c1.[KH]. The van der Waals surface area contributed by atoms with E-state index in [0.29, 0.717) is 0 Å². The van der Waals surface area contributed by atoms with Crippen LogP contribution in [0.2, 0.25) is 0 Å². The van der Waals surface area contributed by atoms with E-state index in [1.54, 1.807) is 0 Å². The Morgan fingerprint density at radius 3 is 1.86 bits per heavy atom. The van der Waals surface area contributed by atoms with E-state index >= 15 is 0 Å². The molecule has 118 valence electrons. The third kappa shape index (κ3) is 4.95. The number of anilines is 1. The molecule has 0 saturated carbocycles. The Morgan fingerprint density at radius 1 is 1.00 bits per heavy atom. The first-order valence-electron chi connectivity index (χ1n) is 7.98. The van der Waals surface area contributed by atoms with Gasteiger partial charge in [0.25, 0.3) is 0 Å². The average molecular weight is 363 g/mol. The van der Waals surface area contributed by atoms with Crippen LogP contribution in [0.5, 0.6) is 0 Å². The molecule has 1 heterocycles. The summed E-state index contributed by atoms with van der Waals surface area (Å²) in [6, 6.07) is 4.79. The number of hydrogen-bond acceptors (Lipinski definition) is 2. The number of nitrogens with zero attached hydrogens (tertiary/aromatic N) is 2. The fraction of sp³-hybridized carbons (Fsp3) is 0.588. The molecule has 2 rings (SSSR count). The van der Waals surface area contributed by atoms with Gasteiger partial charge in [0.1, 0.15) is 4.32 Å². The van der Waals surface area contributed by atoms with Crippen molar-refractivity contribution in [1.29, 1.82) is 0 Å². The van der Waals surface area contributed by atoms with Gasteiger partial charge in [0.05, 0.1) is 0 Å². The summed E-state index contributed by atoms with van der Waals surface area (Å²) in [6.07, 6.45) is 3.31. The second-order valence-electron chi connectivity index (χ2n) is 5.58. The zero-order valence-electron chi connectivity index (χ0n) is 13.4. The number of thiol groups is 1. The summed E-state index contributed by atoms with van der Waals surface area (Å²) in [5, 5.41) is 0. The Bertz CT molecular complexity index is 486. The monoisotopic (exact) mass is 362 g/mol. The van der Waals surface area contributed by atoms with Crippen LogP contribution >= 0.6 is 24.8 Å². The summed E-state index contributed by atoms with van der Waals surface area (Å²) in [4.78, 5) is 4.73. The van der Waals surface area contributed by atoms with Crippen molar-refractivity contribution in [3.8, 4) is 0 Å². The van der Waals surface area contributed by atoms with E-state index in [1.165, 1.54) is 22.4 Å². The summed E-state index contributed by atoms with van der Waals surface area (Å²) in [5.74, 6) is 0. The molecule has 1 aromatic carbocycles. The molecule has 22 heavy (non-hydrogen) atoms. The Morgan fingerprint density at radius 2 is 1.50 bits per heavy atom. The second kappa shape index (κ2) is 10.0. The van der Waals surface area contributed by atoms with Gasteiger partial charge in [0.2, 0.25) is 0 Å². The van der Waals surface area contributed by atoms with Crippen molar-refractivity contribution in [2.45, 2.75) is 40.0 Å². The summed E-state index contributed by atoms with van der Waals surface area (Å²) in [6.45, 7) is 10.8. The van der Waals surface area contributed by atoms with E-state index < -0.39 is 0 Å². The molecule has 2 nitrogen and oxygen atoms in total. The molecular formula is C17H27KN2S2. The second-order valence-corrected chi connectivity index (χ2v) is 6.69. The summed E-state index contributed by atoms with van der Waals surface area (Å²) < 4.78 is 0.724. The van der Waals surface area contributed by atoms with Gasteiger partial charge in [-0.2, -0.15) is 0 Å². The molecule has 0 radical (unpaired) electrons. The van der Waals surface area contributed by atoms with Crippen molar-refractivity contribution >= 4 is 86.2 Å². The van der Waals surface area contributed by atoms with Gasteiger partial charge < -0.3 is 9.80 Å². The zero-order chi connectivity index (χ0) is 15.4. The Balaban J connectivity index is 0.00000242. The zero-order valence-corrected chi connectivity index (χ0v) is 15.1. The van der Waals surface area contributed by atoms with E-state index in [2.05, 4.69) is 55.3 Å². The maximum atomic E-state index is 5.17. The molecule has 1 fully saturated rings. The number of thiocarbonyl (C=S) groups is 1. The van der Waals surface area contributed by atoms with Gasteiger partial charge in [-0.15, -0.1) is 12.6 Å². The minimum absolute atomic E-state index is 0. The van der Waals surface area contributed by atoms with Gasteiger partial charge >= 0.3 is 51.4 Å². The van der Waals surface area contributed by atoms with E-state index in [-0.39, 0.29) is 51.4 Å². The van der Waals surface area contributed by atoms with Crippen LogP contribution in [0.1, 0.15) is 37.5 Å². The van der Waals surface area contributed by atoms with Crippen molar-refractivity contribution in [2.24, 2.45) is 0 Å². The number of benzene rings is 1. The molecule has 5 heteroatoms. The van der Waals surface area contributed by atoms with E-state index in [9.17, 15) is 0 Å². The number of hydrogen-bond donors (Lipinski definition) is 1. The molecule has 1 saturated heterocycles. The summed E-state index contributed by atoms with van der Waals surface area (Å²) in [5.41, 5.74) is 5.92. The quantitative estimate of drug-likeness (QED) is 0.500. The van der Waals surface area contributed by atoms with Gasteiger partial charge in [-0.05, 0) is 36.0 Å². The Labute approximate surface area is 188 Å². The van der Waals surface area contributed by atoms with Crippen molar-refractivity contribution in [3.05, 3.63) is 28.8 Å². The Kier molecular flexibility index (Phi) is 9.53.